The summed E-state index contributed by atoms with van der Waals surface area (Å²) in [5, 5.41) is 6.34. The van der Waals surface area contributed by atoms with Crippen molar-refractivity contribution >= 4 is 63.4 Å². The average molecular weight is 605 g/mol. The Morgan fingerprint density at radius 3 is 2.53 bits per heavy atom. The molecule has 3 aromatic rings. The minimum Gasteiger partial charge on any atom is -0.495 e. The highest BCUT2D eigenvalue weighted by Gasteiger charge is 2.19. The third kappa shape index (κ3) is 7.74. The van der Waals surface area contributed by atoms with E-state index in [2.05, 4.69) is 41.7 Å². The lowest BCUT2D eigenvalue weighted by atomic mass is 9.99. The summed E-state index contributed by atoms with van der Waals surface area (Å²) >= 11 is 6.33. The van der Waals surface area contributed by atoms with Gasteiger partial charge in [-0.05, 0) is 50.1 Å². The number of anilines is 4. The smallest absolute Gasteiger partial charge is 0.488 e. The molecule has 1 atom stereocenters. The molecule has 0 amide bonds. The number of fused-ring (bicyclic) bond motifs is 1. The second-order valence-electron chi connectivity index (χ2n) is 8.35. The van der Waals surface area contributed by atoms with E-state index in [1.165, 1.54) is 23.4 Å². The molecule has 16 heteroatoms. The highest BCUT2D eigenvalue weighted by Crippen LogP contribution is 2.39. The van der Waals surface area contributed by atoms with Crippen LogP contribution in [0.1, 0.15) is 11.1 Å². The van der Waals surface area contributed by atoms with E-state index in [4.69, 9.17) is 20.9 Å². The third-order valence-corrected chi connectivity index (χ3v) is 6.49. The van der Waals surface area contributed by atoms with Gasteiger partial charge in [0.05, 0.1) is 33.3 Å². The Balaban J connectivity index is 0.00000400. The fourth-order valence-electron chi connectivity index (χ4n) is 3.69. The van der Waals surface area contributed by atoms with Crippen molar-refractivity contribution in [2.45, 2.75) is 13.0 Å². The summed E-state index contributed by atoms with van der Waals surface area (Å²) in [6.45, 7) is 5.44. The maximum absolute atomic E-state index is 13.0. The summed E-state index contributed by atoms with van der Waals surface area (Å²) in [6, 6.07) is 5.24. The van der Waals surface area contributed by atoms with Gasteiger partial charge in [0, 0.05) is 19.2 Å². The van der Waals surface area contributed by atoms with Crippen LogP contribution in [0, 0.1) is 0 Å². The number of methoxy groups -OCH3 is 1. The van der Waals surface area contributed by atoms with Crippen LogP contribution in [-0.4, -0.2) is 62.3 Å². The van der Waals surface area contributed by atoms with Gasteiger partial charge in [-0.2, -0.15) is 23.3 Å². The molecule has 0 spiro atoms. The zero-order valence-corrected chi connectivity index (χ0v) is 25.0. The van der Waals surface area contributed by atoms with Gasteiger partial charge >= 0.3 is 10.5 Å². The molecule has 0 saturated carbocycles. The van der Waals surface area contributed by atoms with E-state index in [9.17, 15) is 12.3 Å². The number of ether oxygens (including phenoxy) is 1. The summed E-state index contributed by atoms with van der Waals surface area (Å²) in [7, 11) is -2.50. The van der Waals surface area contributed by atoms with E-state index >= 15 is 0 Å². The van der Waals surface area contributed by atoms with E-state index < -0.39 is 18.7 Å². The van der Waals surface area contributed by atoms with Crippen molar-refractivity contribution in [1.82, 2.24) is 19.9 Å². The SMILES string of the molecule is COc1cc2c(cc1Nc1ncc(Cl)c(Nc3ncc(OS(=O)(=O)F)cc3OP(C)C)n1)CN(C)CC2.P. The zero-order chi connectivity index (χ0) is 26.7. The van der Waals surface area contributed by atoms with Crippen LogP contribution in [0.15, 0.2) is 30.6 Å². The van der Waals surface area contributed by atoms with E-state index in [1.807, 2.05) is 25.5 Å². The minimum absolute atomic E-state index is 0. The van der Waals surface area contributed by atoms with E-state index in [0.29, 0.717) is 11.4 Å². The number of nitrogens with one attached hydrogen (secondary N) is 2. The highest BCUT2D eigenvalue weighted by atomic mass is 35.5. The standard InChI is InChI=1S/C22H25ClFN6O5PS.H3P/c1-30-6-5-13-8-18(33-2)17(7-14(13)12-30)27-22-26-11-16(23)20(29-22)28-21-19(34-36(3)4)9-15(10-25-21)35-37(24,31)32;/h7-11H,5-6,12H2,1-4H3,(H2,25,26,27,28,29);1H3. The van der Waals surface area contributed by atoms with Crippen molar-refractivity contribution in [3.05, 3.63) is 46.7 Å². The van der Waals surface area contributed by atoms with Gasteiger partial charge in [0.2, 0.25) is 5.95 Å². The first-order valence-electron chi connectivity index (χ1n) is 10.9. The first-order chi connectivity index (χ1) is 17.5. The van der Waals surface area contributed by atoms with Crippen LogP contribution in [0.25, 0.3) is 0 Å². The van der Waals surface area contributed by atoms with Crippen molar-refractivity contribution in [2.24, 2.45) is 0 Å². The lowest BCUT2D eigenvalue weighted by Gasteiger charge is -2.26. The molecule has 1 aliphatic heterocycles. The number of hydrogen-bond donors (Lipinski definition) is 2. The summed E-state index contributed by atoms with van der Waals surface area (Å²) in [6.07, 6.45) is 3.38. The molecule has 206 valence electrons. The van der Waals surface area contributed by atoms with Crippen LogP contribution in [0.2, 0.25) is 5.02 Å². The average Bonchev–Trinajstić information content (AvgIpc) is 2.81. The minimum atomic E-state index is -5.22. The van der Waals surface area contributed by atoms with Gasteiger partial charge in [-0.1, -0.05) is 15.5 Å². The number of likely N-dealkylation sites (N-methyl/N-ethyl adjacent to an activating group) is 1. The number of benzene rings is 1. The van der Waals surface area contributed by atoms with E-state index in [-0.39, 0.29) is 44.0 Å². The number of nitrogens with zero attached hydrogens (tertiary/aromatic N) is 4. The molecular weight excluding hydrogens is 577 g/mol. The van der Waals surface area contributed by atoms with Gasteiger partial charge in [0.25, 0.3) is 0 Å². The maximum atomic E-state index is 13.0. The van der Waals surface area contributed by atoms with Crippen molar-refractivity contribution < 1.29 is 25.7 Å². The van der Waals surface area contributed by atoms with Crippen LogP contribution < -0.4 is 24.1 Å². The molecule has 2 N–H and O–H groups in total. The molecule has 11 nitrogen and oxygen atoms in total. The normalized spacial score (nSPS) is 13.3. The Hall–Kier alpha value is -2.56. The molecule has 0 fully saturated rings. The molecule has 38 heavy (non-hydrogen) atoms. The second-order valence-corrected chi connectivity index (χ2v) is 11.5. The van der Waals surface area contributed by atoms with Crippen molar-refractivity contribution in [2.75, 3.05) is 44.7 Å². The van der Waals surface area contributed by atoms with Gasteiger partial charge < -0.3 is 29.0 Å². The summed E-state index contributed by atoms with van der Waals surface area (Å²) < 4.78 is 50.3. The highest BCUT2D eigenvalue weighted by molar-refractivity contribution is 7.81. The van der Waals surface area contributed by atoms with Crippen molar-refractivity contribution in [3.8, 4) is 17.2 Å². The largest absolute Gasteiger partial charge is 0.495 e. The van der Waals surface area contributed by atoms with E-state index in [1.54, 1.807) is 7.11 Å². The maximum Gasteiger partial charge on any atom is 0.488 e. The van der Waals surface area contributed by atoms with Gasteiger partial charge in [0.1, 0.15) is 10.8 Å². The molecule has 1 aromatic carbocycles. The van der Waals surface area contributed by atoms with Gasteiger partial charge in [0.15, 0.2) is 23.1 Å². The Kier molecular flexibility index (Phi) is 9.89. The Morgan fingerprint density at radius 1 is 1.08 bits per heavy atom. The number of halogens is 2. The number of pyridine rings is 1. The first-order valence-corrected chi connectivity index (χ1v) is 14.8. The molecule has 0 radical (unpaired) electrons. The van der Waals surface area contributed by atoms with Gasteiger partial charge in [-0.25, -0.2) is 9.97 Å². The van der Waals surface area contributed by atoms with Crippen molar-refractivity contribution in [3.63, 3.8) is 0 Å². The molecule has 2 aromatic heterocycles. The van der Waals surface area contributed by atoms with Crippen LogP contribution in [0.5, 0.6) is 17.2 Å². The third-order valence-electron chi connectivity index (χ3n) is 5.26. The fraction of sp³-hybridized carbons (Fsp3) is 0.318. The number of rotatable bonds is 9. The van der Waals surface area contributed by atoms with Crippen molar-refractivity contribution in [1.29, 1.82) is 0 Å². The molecule has 0 saturated heterocycles. The summed E-state index contributed by atoms with van der Waals surface area (Å²) in [5.74, 6) is 1.06. The van der Waals surface area contributed by atoms with Gasteiger partial charge in [-0.3, -0.25) is 0 Å². The lowest BCUT2D eigenvalue weighted by molar-refractivity contribution is 0.312. The Labute approximate surface area is 230 Å². The quantitative estimate of drug-likeness (QED) is 0.261. The van der Waals surface area contributed by atoms with Gasteiger partial charge in [-0.15, -0.1) is 0 Å². The molecule has 0 bridgehead atoms. The predicted octanol–water partition coefficient (Wildman–Crippen LogP) is 4.70. The molecule has 1 unspecified atom stereocenters. The predicted molar refractivity (Wildman–Crippen MR) is 152 cm³/mol. The van der Waals surface area contributed by atoms with Crippen LogP contribution in [0.3, 0.4) is 0 Å². The topological polar surface area (TPSA) is 128 Å². The monoisotopic (exact) mass is 604 g/mol. The first kappa shape index (κ1) is 30.0. The number of aromatic nitrogens is 3. The van der Waals surface area contributed by atoms with Crippen LogP contribution in [0.4, 0.5) is 27.2 Å². The molecular formula is C22H28ClFN6O5P2S. The Morgan fingerprint density at radius 2 is 1.84 bits per heavy atom. The van der Waals surface area contributed by atoms with Crippen LogP contribution in [-0.2, 0) is 23.5 Å². The Bertz CT molecular complexity index is 1420. The fourth-order valence-corrected chi connectivity index (χ4v) is 4.68. The summed E-state index contributed by atoms with van der Waals surface area (Å²) in [5.41, 5.74) is 3.12. The molecule has 4 rings (SSSR count). The lowest BCUT2D eigenvalue weighted by Crippen LogP contribution is -2.26. The molecule has 3 heterocycles. The molecule has 0 aliphatic carbocycles. The summed E-state index contributed by atoms with van der Waals surface area (Å²) in [4.78, 5) is 15.1. The molecule has 1 aliphatic rings. The second kappa shape index (κ2) is 12.5. The van der Waals surface area contributed by atoms with E-state index in [0.717, 1.165) is 25.7 Å². The zero-order valence-electron chi connectivity index (χ0n) is 21.2. The number of hydrogen-bond acceptors (Lipinski definition) is 11. The van der Waals surface area contributed by atoms with Crippen LogP contribution >= 0.6 is 29.6 Å².